The molecule has 0 aliphatic carbocycles. The Bertz CT molecular complexity index is 749. The monoisotopic (exact) mass is 298 g/mol. The lowest BCUT2D eigenvalue weighted by Gasteiger charge is -2.14. The molecule has 112 valence electrons. The van der Waals surface area contributed by atoms with Crippen LogP contribution in [0, 0.1) is 0 Å². The first-order valence-corrected chi connectivity index (χ1v) is 6.77. The molecule has 5 heteroatoms. The summed E-state index contributed by atoms with van der Waals surface area (Å²) in [6.45, 7) is 0.0347. The summed E-state index contributed by atoms with van der Waals surface area (Å²) >= 11 is 0. The number of carbonyl (C=O) groups excluding carboxylic acids is 1. The Balaban J connectivity index is 2.09. The molecule has 5 nitrogen and oxygen atoms in total. The average Bonchev–Trinajstić information content (AvgIpc) is 2.50. The maximum atomic E-state index is 11.6. The standard InChI is InChI=1S/C17H14O5/c18-13-6-4-11-2-1-3-17(20)21-10-12-5-7-14(19)9-16(12)22-15(11)8-13/h1,3-9,18-19H,2,10H2/b3-1-. The van der Waals surface area contributed by atoms with Crippen molar-refractivity contribution in [1.82, 2.24) is 0 Å². The van der Waals surface area contributed by atoms with Gasteiger partial charge in [-0.25, -0.2) is 4.79 Å². The van der Waals surface area contributed by atoms with E-state index in [0.717, 1.165) is 5.56 Å². The number of phenolic OH excluding ortho intramolecular Hbond substituents is 2. The molecule has 3 rings (SSSR count). The van der Waals surface area contributed by atoms with Crippen molar-refractivity contribution in [1.29, 1.82) is 0 Å². The molecule has 1 aliphatic heterocycles. The van der Waals surface area contributed by atoms with E-state index in [2.05, 4.69) is 0 Å². The highest BCUT2D eigenvalue weighted by molar-refractivity contribution is 5.82. The Morgan fingerprint density at radius 3 is 2.27 bits per heavy atom. The predicted molar refractivity (Wildman–Crippen MR) is 78.9 cm³/mol. The fourth-order valence-electron chi connectivity index (χ4n) is 2.16. The van der Waals surface area contributed by atoms with Crippen LogP contribution in [0.3, 0.4) is 0 Å². The topological polar surface area (TPSA) is 76.0 Å². The summed E-state index contributed by atoms with van der Waals surface area (Å²) in [5, 5.41) is 19.3. The molecule has 2 N–H and O–H groups in total. The number of cyclic esters (lactones) is 1. The Kier molecular flexibility index (Phi) is 3.70. The van der Waals surface area contributed by atoms with Crippen LogP contribution in [0.5, 0.6) is 23.0 Å². The van der Waals surface area contributed by atoms with Crippen molar-refractivity contribution < 1.29 is 24.5 Å². The Hall–Kier alpha value is -2.95. The molecule has 0 saturated heterocycles. The Morgan fingerprint density at radius 1 is 0.909 bits per heavy atom. The molecule has 0 unspecified atom stereocenters. The molecule has 0 saturated carbocycles. The largest absolute Gasteiger partial charge is 0.508 e. The molecular weight excluding hydrogens is 284 g/mol. The highest BCUT2D eigenvalue weighted by Crippen LogP contribution is 2.34. The first kappa shape index (κ1) is 14.0. The van der Waals surface area contributed by atoms with Crippen LogP contribution in [0.1, 0.15) is 11.1 Å². The van der Waals surface area contributed by atoms with Crippen molar-refractivity contribution in [3.8, 4) is 23.0 Å². The number of aromatic hydroxyl groups is 2. The molecular formula is C17H14O5. The van der Waals surface area contributed by atoms with Gasteiger partial charge in [-0.1, -0.05) is 12.1 Å². The molecule has 0 bridgehead atoms. The minimum atomic E-state index is -0.443. The maximum Gasteiger partial charge on any atom is 0.330 e. The molecule has 0 radical (unpaired) electrons. The van der Waals surface area contributed by atoms with Crippen LogP contribution >= 0.6 is 0 Å². The van der Waals surface area contributed by atoms with Gasteiger partial charge in [0.25, 0.3) is 0 Å². The van der Waals surface area contributed by atoms with E-state index < -0.39 is 5.97 Å². The third-order valence-corrected chi connectivity index (χ3v) is 3.28. The average molecular weight is 298 g/mol. The van der Waals surface area contributed by atoms with E-state index in [4.69, 9.17) is 9.47 Å². The summed E-state index contributed by atoms with van der Waals surface area (Å²) in [6, 6.07) is 9.34. The number of rotatable bonds is 0. The number of esters is 1. The fourth-order valence-corrected chi connectivity index (χ4v) is 2.16. The highest BCUT2D eigenvalue weighted by atomic mass is 16.5. The van der Waals surface area contributed by atoms with Gasteiger partial charge in [0, 0.05) is 23.8 Å². The van der Waals surface area contributed by atoms with Crippen molar-refractivity contribution in [2.45, 2.75) is 13.0 Å². The van der Waals surface area contributed by atoms with Gasteiger partial charge in [-0.2, -0.15) is 0 Å². The summed E-state index contributed by atoms with van der Waals surface area (Å²) in [5.74, 6) is 0.514. The van der Waals surface area contributed by atoms with Crippen molar-refractivity contribution in [2.75, 3.05) is 0 Å². The van der Waals surface area contributed by atoms with Gasteiger partial charge in [0.05, 0.1) is 0 Å². The summed E-state index contributed by atoms with van der Waals surface area (Å²) in [7, 11) is 0. The van der Waals surface area contributed by atoms with Crippen molar-refractivity contribution >= 4 is 5.97 Å². The van der Waals surface area contributed by atoms with Crippen LogP contribution in [-0.2, 0) is 22.6 Å². The Labute approximate surface area is 127 Å². The number of benzene rings is 2. The highest BCUT2D eigenvalue weighted by Gasteiger charge is 2.13. The summed E-state index contributed by atoms with van der Waals surface area (Å²) in [5.41, 5.74) is 1.42. The third kappa shape index (κ3) is 3.03. The molecule has 2 aromatic rings. The zero-order chi connectivity index (χ0) is 15.5. The summed E-state index contributed by atoms with van der Waals surface area (Å²) in [4.78, 5) is 11.6. The van der Waals surface area contributed by atoms with Gasteiger partial charge < -0.3 is 19.7 Å². The van der Waals surface area contributed by atoms with E-state index >= 15 is 0 Å². The van der Waals surface area contributed by atoms with E-state index in [9.17, 15) is 15.0 Å². The molecule has 0 fully saturated rings. The zero-order valence-corrected chi connectivity index (χ0v) is 11.7. The molecule has 0 spiro atoms. The quantitative estimate of drug-likeness (QED) is 0.731. The van der Waals surface area contributed by atoms with Crippen LogP contribution in [0.25, 0.3) is 0 Å². The number of carbonyl (C=O) groups is 1. The smallest absolute Gasteiger partial charge is 0.330 e. The SMILES string of the molecule is O=C1/C=C\Cc2ccc(O)cc2Oc2cc(O)ccc2CO1. The number of allylic oxidation sites excluding steroid dienone is 1. The normalized spacial score (nSPS) is 15.5. The summed E-state index contributed by atoms with van der Waals surface area (Å²) in [6.07, 6.45) is 3.50. The zero-order valence-electron chi connectivity index (χ0n) is 11.7. The second kappa shape index (κ2) is 5.81. The number of hydrogen-bond donors (Lipinski definition) is 2. The lowest BCUT2D eigenvalue weighted by molar-refractivity contribution is -0.139. The van der Waals surface area contributed by atoms with Crippen LogP contribution in [0.15, 0.2) is 48.6 Å². The Morgan fingerprint density at radius 2 is 1.55 bits per heavy atom. The first-order chi connectivity index (χ1) is 10.6. The number of ether oxygens (including phenoxy) is 2. The number of fused-ring (bicyclic) bond motifs is 2. The first-order valence-electron chi connectivity index (χ1n) is 6.77. The fraction of sp³-hybridized carbons (Fsp3) is 0.118. The number of hydrogen-bond acceptors (Lipinski definition) is 5. The van der Waals surface area contributed by atoms with Crippen molar-refractivity contribution in [3.63, 3.8) is 0 Å². The van der Waals surface area contributed by atoms with E-state index in [1.807, 2.05) is 0 Å². The van der Waals surface area contributed by atoms with E-state index in [-0.39, 0.29) is 18.1 Å². The van der Waals surface area contributed by atoms with Gasteiger partial charge in [0.1, 0.15) is 29.6 Å². The predicted octanol–water partition coefficient (Wildman–Crippen LogP) is 3.05. The minimum Gasteiger partial charge on any atom is -0.508 e. The molecule has 0 amide bonds. The third-order valence-electron chi connectivity index (χ3n) is 3.28. The second-order valence-corrected chi connectivity index (χ2v) is 4.90. The molecule has 1 aliphatic rings. The van der Waals surface area contributed by atoms with E-state index in [1.165, 1.54) is 24.3 Å². The lowest BCUT2D eigenvalue weighted by Crippen LogP contribution is -2.01. The van der Waals surface area contributed by atoms with Gasteiger partial charge in [-0.15, -0.1) is 0 Å². The molecule has 0 atom stereocenters. The van der Waals surface area contributed by atoms with Gasteiger partial charge in [-0.05, 0) is 30.2 Å². The van der Waals surface area contributed by atoms with Gasteiger partial charge in [0.15, 0.2) is 0 Å². The second-order valence-electron chi connectivity index (χ2n) is 4.90. The maximum absolute atomic E-state index is 11.6. The van der Waals surface area contributed by atoms with E-state index in [0.29, 0.717) is 23.5 Å². The van der Waals surface area contributed by atoms with Crippen molar-refractivity contribution in [3.05, 3.63) is 59.7 Å². The molecule has 2 aromatic carbocycles. The lowest BCUT2D eigenvalue weighted by atomic mass is 10.1. The summed E-state index contributed by atoms with van der Waals surface area (Å²) < 4.78 is 11.0. The van der Waals surface area contributed by atoms with Gasteiger partial charge in [-0.3, -0.25) is 0 Å². The minimum absolute atomic E-state index is 0.0347. The molecule has 1 heterocycles. The van der Waals surface area contributed by atoms with Crippen LogP contribution in [0.4, 0.5) is 0 Å². The van der Waals surface area contributed by atoms with Crippen LogP contribution < -0.4 is 4.74 Å². The van der Waals surface area contributed by atoms with Crippen molar-refractivity contribution in [2.24, 2.45) is 0 Å². The van der Waals surface area contributed by atoms with Crippen LogP contribution in [0.2, 0.25) is 0 Å². The molecule has 0 aromatic heterocycles. The van der Waals surface area contributed by atoms with E-state index in [1.54, 1.807) is 24.3 Å². The molecule has 22 heavy (non-hydrogen) atoms. The van der Waals surface area contributed by atoms with Gasteiger partial charge >= 0.3 is 5.97 Å². The number of phenols is 2. The van der Waals surface area contributed by atoms with Crippen LogP contribution in [-0.4, -0.2) is 16.2 Å². The van der Waals surface area contributed by atoms with Gasteiger partial charge in [0.2, 0.25) is 0 Å².